The molecule has 0 bridgehead atoms. The third-order valence-electron chi connectivity index (χ3n) is 3.97. The van der Waals surface area contributed by atoms with E-state index in [2.05, 4.69) is 15.6 Å². The number of rotatable bonds is 6. The molecule has 0 aliphatic rings. The van der Waals surface area contributed by atoms with E-state index < -0.39 is 17.5 Å². The van der Waals surface area contributed by atoms with E-state index in [4.69, 9.17) is 21.1 Å². The summed E-state index contributed by atoms with van der Waals surface area (Å²) in [4.78, 5) is 16.9. The fraction of sp³-hybridized carbons (Fsp3) is 0.158. The molecule has 152 valence electrons. The highest BCUT2D eigenvalue weighted by Crippen LogP contribution is 2.39. The number of hydrogen-bond donors (Lipinski definition) is 2. The standard InChI is InChI=1S/C19H16ClF2N3O3S/c1-23-18(26)17-16(9-4-5-11(21)12(22)6-9)25-19(29-17)24-13-7-10(20)14(27-2)8-15(13)28-3/h4-8H,1-3H3,(H,23,26)(H,24,25). The Hall–Kier alpha value is -2.91. The van der Waals surface area contributed by atoms with Gasteiger partial charge in [0.05, 0.1) is 30.6 Å². The van der Waals surface area contributed by atoms with E-state index in [0.717, 1.165) is 23.5 Å². The number of aromatic nitrogens is 1. The van der Waals surface area contributed by atoms with Crippen molar-refractivity contribution in [2.24, 2.45) is 0 Å². The lowest BCUT2D eigenvalue weighted by atomic mass is 10.1. The molecule has 1 aromatic heterocycles. The van der Waals surface area contributed by atoms with Crippen molar-refractivity contribution in [1.82, 2.24) is 10.3 Å². The molecule has 6 nitrogen and oxygen atoms in total. The van der Waals surface area contributed by atoms with Crippen LogP contribution in [-0.2, 0) is 0 Å². The van der Waals surface area contributed by atoms with E-state index in [1.54, 1.807) is 12.1 Å². The van der Waals surface area contributed by atoms with E-state index >= 15 is 0 Å². The molecule has 0 saturated carbocycles. The average Bonchev–Trinajstić information content (AvgIpc) is 3.13. The fourth-order valence-corrected chi connectivity index (χ4v) is 3.74. The molecule has 1 amide bonds. The van der Waals surface area contributed by atoms with Crippen molar-refractivity contribution in [3.63, 3.8) is 0 Å². The first-order chi connectivity index (χ1) is 13.9. The number of halogens is 3. The van der Waals surface area contributed by atoms with E-state index in [0.29, 0.717) is 27.3 Å². The minimum Gasteiger partial charge on any atom is -0.495 e. The Balaban J connectivity index is 2.05. The van der Waals surface area contributed by atoms with Crippen LogP contribution in [0.2, 0.25) is 5.02 Å². The monoisotopic (exact) mass is 439 g/mol. The van der Waals surface area contributed by atoms with E-state index in [1.807, 2.05) is 0 Å². The summed E-state index contributed by atoms with van der Waals surface area (Å²) < 4.78 is 37.5. The summed E-state index contributed by atoms with van der Waals surface area (Å²) in [5.74, 6) is -1.55. The van der Waals surface area contributed by atoms with Crippen LogP contribution in [0, 0.1) is 11.6 Å². The van der Waals surface area contributed by atoms with Crippen LogP contribution < -0.4 is 20.1 Å². The Labute approximate surface area is 174 Å². The molecule has 0 aliphatic heterocycles. The number of benzene rings is 2. The number of methoxy groups -OCH3 is 2. The summed E-state index contributed by atoms with van der Waals surface area (Å²) in [5.41, 5.74) is 0.980. The van der Waals surface area contributed by atoms with Gasteiger partial charge in [-0.15, -0.1) is 0 Å². The maximum Gasteiger partial charge on any atom is 0.263 e. The fourth-order valence-electron chi connectivity index (χ4n) is 2.55. The number of nitrogens with zero attached hydrogens (tertiary/aromatic N) is 1. The minimum atomic E-state index is -1.03. The van der Waals surface area contributed by atoms with Gasteiger partial charge in [0.15, 0.2) is 16.8 Å². The number of amides is 1. The molecule has 2 aromatic carbocycles. The summed E-state index contributed by atoms with van der Waals surface area (Å²) in [6.45, 7) is 0. The molecular formula is C19H16ClF2N3O3S. The van der Waals surface area contributed by atoms with Gasteiger partial charge >= 0.3 is 0 Å². The first-order valence-electron chi connectivity index (χ1n) is 8.24. The number of thiazole rings is 1. The molecule has 1 heterocycles. The van der Waals surface area contributed by atoms with Crippen LogP contribution in [0.5, 0.6) is 11.5 Å². The molecule has 0 atom stereocenters. The van der Waals surface area contributed by atoms with Gasteiger partial charge < -0.3 is 20.1 Å². The van der Waals surface area contributed by atoms with E-state index in [9.17, 15) is 13.6 Å². The first kappa shape index (κ1) is 20.8. The Kier molecular flexibility index (Phi) is 6.19. The van der Waals surface area contributed by atoms with Crippen molar-refractivity contribution in [3.05, 3.63) is 51.9 Å². The van der Waals surface area contributed by atoms with Crippen LogP contribution >= 0.6 is 22.9 Å². The van der Waals surface area contributed by atoms with E-state index in [-0.39, 0.29) is 16.1 Å². The van der Waals surface area contributed by atoms with Gasteiger partial charge in [0.25, 0.3) is 5.91 Å². The summed E-state index contributed by atoms with van der Waals surface area (Å²) in [6, 6.07) is 6.53. The van der Waals surface area contributed by atoms with Crippen molar-refractivity contribution in [2.45, 2.75) is 0 Å². The lowest BCUT2D eigenvalue weighted by molar-refractivity contribution is 0.0967. The Morgan fingerprint density at radius 1 is 1.10 bits per heavy atom. The third-order valence-corrected chi connectivity index (χ3v) is 5.23. The maximum absolute atomic E-state index is 13.7. The van der Waals surface area contributed by atoms with Crippen molar-refractivity contribution in [1.29, 1.82) is 0 Å². The summed E-state index contributed by atoms with van der Waals surface area (Å²) in [7, 11) is 4.44. The van der Waals surface area contributed by atoms with Crippen LogP contribution in [0.3, 0.4) is 0 Å². The molecule has 2 N–H and O–H groups in total. The molecule has 0 spiro atoms. The van der Waals surface area contributed by atoms with Crippen LogP contribution in [0.25, 0.3) is 11.3 Å². The Morgan fingerprint density at radius 2 is 1.83 bits per heavy atom. The summed E-state index contributed by atoms with van der Waals surface area (Å²) in [6.07, 6.45) is 0. The second kappa shape index (κ2) is 8.62. The third kappa shape index (κ3) is 4.25. The van der Waals surface area contributed by atoms with Gasteiger partial charge in [-0.2, -0.15) is 0 Å². The highest BCUT2D eigenvalue weighted by atomic mass is 35.5. The van der Waals surface area contributed by atoms with Gasteiger partial charge in [-0.25, -0.2) is 13.8 Å². The number of carbonyl (C=O) groups is 1. The number of carbonyl (C=O) groups excluding carboxylic acids is 1. The topological polar surface area (TPSA) is 72.5 Å². The predicted molar refractivity (Wildman–Crippen MR) is 109 cm³/mol. The van der Waals surface area contributed by atoms with Crippen LogP contribution in [0.15, 0.2) is 30.3 Å². The van der Waals surface area contributed by atoms with Crippen molar-refractivity contribution < 1.29 is 23.0 Å². The van der Waals surface area contributed by atoms with Crippen molar-refractivity contribution in [3.8, 4) is 22.8 Å². The van der Waals surface area contributed by atoms with Gasteiger partial charge in [0, 0.05) is 18.7 Å². The smallest absolute Gasteiger partial charge is 0.263 e. The SMILES string of the molecule is CNC(=O)c1sc(Nc2cc(Cl)c(OC)cc2OC)nc1-c1ccc(F)c(F)c1. The van der Waals surface area contributed by atoms with Gasteiger partial charge in [0.1, 0.15) is 16.4 Å². The molecule has 3 rings (SSSR count). The number of anilines is 2. The highest BCUT2D eigenvalue weighted by molar-refractivity contribution is 7.18. The zero-order chi connectivity index (χ0) is 21.1. The minimum absolute atomic E-state index is 0.217. The zero-order valence-electron chi connectivity index (χ0n) is 15.6. The normalized spacial score (nSPS) is 10.6. The van der Waals surface area contributed by atoms with Gasteiger partial charge in [-0.3, -0.25) is 4.79 Å². The maximum atomic E-state index is 13.7. The van der Waals surface area contributed by atoms with Gasteiger partial charge in [0.2, 0.25) is 0 Å². The Morgan fingerprint density at radius 3 is 2.45 bits per heavy atom. The molecule has 0 radical (unpaired) electrons. The second-order valence-electron chi connectivity index (χ2n) is 5.72. The summed E-state index contributed by atoms with van der Waals surface area (Å²) in [5, 5.41) is 6.24. The molecular weight excluding hydrogens is 424 g/mol. The van der Waals surface area contributed by atoms with Crippen LogP contribution in [0.4, 0.5) is 19.6 Å². The summed E-state index contributed by atoms with van der Waals surface area (Å²) >= 11 is 7.23. The molecule has 0 fully saturated rings. The quantitative estimate of drug-likeness (QED) is 0.573. The molecule has 3 aromatic rings. The number of ether oxygens (including phenoxy) is 2. The molecule has 29 heavy (non-hydrogen) atoms. The van der Waals surface area contributed by atoms with Crippen molar-refractivity contribution >= 4 is 39.7 Å². The van der Waals surface area contributed by atoms with Crippen molar-refractivity contribution in [2.75, 3.05) is 26.6 Å². The van der Waals surface area contributed by atoms with Crippen LogP contribution in [0.1, 0.15) is 9.67 Å². The van der Waals surface area contributed by atoms with Gasteiger partial charge in [-0.05, 0) is 24.3 Å². The zero-order valence-corrected chi connectivity index (χ0v) is 17.2. The molecule has 10 heteroatoms. The largest absolute Gasteiger partial charge is 0.495 e. The predicted octanol–water partition coefficient (Wildman–Crippen LogP) is 4.86. The first-order valence-corrected chi connectivity index (χ1v) is 9.44. The lowest BCUT2D eigenvalue weighted by Crippen LogP contribution is -2.17. The average molecular weight is 440 g/mol. The molecule has 0 aliphatic carbocycles. The second-order valence-corrected chi connectivity index (χ2v) is 7.12. The number of hydrogen-bond acceptors (Lipinski definition) is 6. The van der Waals surface area contributed by atoms with Crippen LogP contribution in [-0.4, -0.2) is 32.2 Å². The lowest BCUT2D eigenvalue weighted by Gasteiger charge is -2.12. The van der Waals surface area contributed by atoms with Gasteiger partial charge in [-0.1, -0.05) is 22.9 Å². The van der Waals surface area contributed by atoms with E-state index in [1.165, 1.54) is 27.3 Å². The highest BCUT2D eigenvalue weighted by Gasteiger charge is 2.21. The molecule has 0 saturated heterocycles. The Bertz CT molecular complexity index is 1080. The number of nitrogens with one attached hydrogen (secondary N) is 2. The molecule has 0 unspecified atom stereocenters.